The Morgan fingerprint density at radius 3 is 2.42 bits per heavy atom. The fraction of sp³-hybridized carbons (Fsp3) is 0.360. The standard InChI is InChI=1S/C25H27F3N4O/c1-2-33-21-13-11-19(12-14-21)31-24-29-16-22(25(26,27)28)23(32-24)30-20-10-6-9-18(15-20)17-7-4-3-5-8-17/h6,9-17H,2-5,7-8H2,1H3,(H2,29,30,31,32). The van der Waals surface area contributed by atoms with Crippen molar-refractivity contribution in [2.24, 2.45) is 0 Å². The van der Waals surface area contributed by atoms with Crippen LogP contribution in [0, 0.1) is 0 Å². The lowest BCUT2D eigenvalue weighted by Crippen LogP contribution is -2.13. The molecule has 4 rings (SSSR count). The molecule has 0 atom stereocenters. The second-order valence-electron chi connectivity index (χ2n) is 8.12. The predicted molar refractivity (Wildman–Crippen MR) is 123 cm³/mol. The first-order valence-electron chi connectivity index (χ1n) is 11.2. The van der Waals surface area contributed by atoms with Crippen LogP contribution < -0.4 is 15.4 Å². The van der Waals surface area contributed by atoms with Gasteiger partial charge < -0.3 is 15.4 Å². The number of hydrogen-bond donors (Lipinski definition) is 2. The van der Waals surface area contributed by atoms with Gasteiger partial charge in [-0.2, -0.15) is 18.2 Å². The molecule has 0 bridgehead atoms. The average molecular weight is 457 g/mol. The molecule has 1 heterocycles. The Bertz CT molecular complexity index is 1060. The largest absolute Gasteiger partial charge is 0.494 e. The van der Waals surface area contributed by atoms with Crippen molar-refractivity contribution in [2.75, 3.05) is 17.2 Å². The summed E-state index contributed by atoms with van der Waals surface area (Å²) in [6, 6.07) is 14.7. The minimum Gasteiger partial charge on any atom is -0.494 e. The van der Waals surface area contributed by atoms with Gasteiger partial charge in [-0.3, -0.25) is 0 Å². The zero-order valence-electron chi connectivity index (χ0n) is 18.5. The Kier molecular flexibility index (Phi) is 7.01. The quantitative estimate of drug-likeness (QED) is 0.387. The molecule has 0 saturated heterocycles. The monoisotopic (exact) mass is 456 g/mol. The van der Waals surface area contributed by atoms with Gasteiger partial charge in [0.15, 0.2) is 0 Å². The summed E-state index contributed by atoms with van der Waals surface area (Å²) in [6.45, 7) is 2.44. The fourth-order valence-electron chi connectivity index (χ4n) is 4.12. The molecule has 1 aromatic heterocycles. The molecule has 0 amide bonds. The average Bonchev–Trinajstić information content (AvgIpc) is 2.81. The number of benzene rings is 2. The first-order chi connectivity index (χ1) is 15.9. The number of alkyl halides is 3. The summed E-state index contributed by atoms with van der Waals surface area (Å²) in [5.74, 6) is 0.936. The lowest BCUT2D eigenvalue weighted by molar-refractivity contribution is -0.137. The van der Waals surface area contributed by atoms with Gasteiger partial charge in [0.25, 0.3) is 0 Å². The second-order valence-corrected chi connectivity index (χ2v) is 8.12. The molecule has 8 heteroatoms. The van der Waals surface area contributed by atoms with Gasteiger partial charge in [-0.15, -0.1) is 0 Å². The van der Waals surface area contributed by atoms with Crippen LogP contribution in [-0.4, -0.2) is 16.6 Å². The zero-order chi connectivity index (χ0) is 23.3. The summed E-state index contributed by atoms with van der Waals surface area (Å²) >= 11 is 0. The Hall–Kier alpha value is -3.29. The van der Waals surface area contributed by atoms with Crippen molar-refractivity contribution in [3.8, 4) is 5.75 Å². The Balaban J connectivity index is 1.58. The molecule has 1 fully saturated rings. The number of anilines is 4. The van der Waals surface area contributed by atoms with Gasteiger partial charge >= 0.3 is 6.18 Å². The van der Waals surface area contributed by atoms with E-state index in [0.29, 0.717) is 29.6 Å². The highest BCUT2D eigenvalue weighted by Gasteiger charge is 2.35. The maximum absolute atomic E-state index is 13.6. The van der Waals surface area contributed by atoms with Crippen LogP contribution >= 0.6 is 0 Å². The van der Waals surface area contributed by atoms with E-state index in [0.717, 1.165) is 24.6 Å². The molecule has 1 aliphatic rings. The molecule has 0 radical (unpaired) electrons. The van der Waals surface area contributed by atoms with Gasteiger partial charge in [0, 0.05) is 17.6 Å². The molecule has 1 aliphatic carbocycles. The van der Waals surface area contributed by atoms with Crippen LogP contribution in [0.15, 0.2) is 54.7 Å². The van der Waals surface area contributed by atoms with Crippen molar-refractivity contribution >= 4 is 23.1 Å². The van der Waals surface area contributed by atoms with E-state index in [1.165, 1.54) is 19.3 Å². The van der Waals surface area contributed by atoms with Gasteiger partial charge in [-0.1, -0.05) is 31.4 Å². The lowest BCUT2D eigenvalue weighted by atomic mass is 9.84. The minimum absolute atomic E-state index is 0.0677. The Labute approximate surface area is 191 Å². The smallest absolute Gasteiger partial charge is 0.421 e. The van der Waals surface area contributed by atoms with Gasteiger partial charge in [0.1, 0.15) is 17.1 Å². The third-order valence-electron chi connectivity index (χ3n) is 5.74. The lowest BCUT2D eigenvalue weighted by Gasteiger charge is -2.22. The van der Waals surface area contributed by atoms with Crippen LogP contribution in [0.5, 0.6) is 5.75 Å². The predicted octanol–water partition coefficient (Wildman–Crippen LogP) is 7.43. The summed E-state index contributed by atoms with van der Waals surface area (Å²) in [4.78, 5) is 8.03. The van der Waals surface area contributed by atoms with Crippen LogP contribution in [-0.2, 0) is 6.18 Å². The number of halogens is 3. The zero-order valence-corrected chi connectivity index (χ0v) is 18.5. The van der Waals surface area contributed by atoms with Gasteiger partial charge in [0.05, 0.1) is 6.61 Å². The summed E-state index contributed by atoms with van der Waals surface area (Å²) in [5.41, 5.74) is 1.45. The van der Waals surface area contributed by atoms with E-state index in [4.69, 9.17) is 4.74 Å². The maximum atomic E-state index is 13.6. The van der Waals surface area contributed by atoms with Crippen molar-refractivity contribution < 1.29 is 17.9 Å². The highest BCUT2D eigenvalue weighted by atomic mass is 19.4. The number of hydrogen-bond acceptors (Lipinski definition) is 5. The molecular weight excluding hydrogens is 429 g/mol. The third kappa shape index (κ3) is 5.94. The number of nitrogens with zero attached hydrogens (tertiary/aromatic N) is 2. The molecule has 1 saturated carbocycles. The molecule has 0 aliphatic heterocycles. The van der Waals surface area contributed by atoms with Crippen molar-refractivity contribution in [1.29, 1.82) is 0 Å². The van der Waals surface area contributed by atoms with Crippen LogP contribution in [0.3, 0.4) is 0 Å². The van der Waals surface area contributed by atoms with E-state index in [2.05, 4.69) is 20.6 Å². The van der Waals surface area contributed by atoms with E-state index >= 15 is 0 Å². The summed E-state index contributed by atoms with van der Waals surface area (Å²) in [5, 5.41) is 5.84. The number of aromatic nitrogens is 2. The van der Waals surface area contributed by atoms with Gasteiger partial charge in [-0.25, -0.2) is 4.98 Å². The molecule has 5 nitrogen and oxygen atoms in total. The van der Waals surface area contributed by atoms with Crippen LogP contribution in [0.4, 0.5) is 36.3 Å². The van der Waals surface area contributed by atoms with Crippen molar-refractivity contribution in [3.05, 3.63) is 65.9 Å². The van der Waals surface area contributed by atoms with E-state index in [9.17, 15) is 13.2 Å². The number of ether oxygens (including phenoxy) is 1. The number of nitrogens with one attached hydrogen (secondary N) is 2. The van der Waals surface area contributed by atoms with Gasteiger partial charge in [0.2, 0.25) is 5.95 Å². The molecule has 2 aromatic carbocycles. The highest BCUT2D eigenvalue weighted by molar-refractivity contribution is 5.63. The third-order valence-corrected chi connectivity index (χ3v) is 5.74. The van der Waals surface area contributed by atoms with Gasteiger partial charge in [-0.05, 0) is 67.6 Å². The molecule has 2 N–H and O–H groups in total. The van der Waals surface area contributed by atoms with E-state index < -0.39 is 11.7 Å². The normalized spacial score (nSPS) is 14.7. The van der Waals surface area contributed by atoms with Crippen LogP contribution in [0.25, 0.3) is 0 Å². The first kappa shape index (κ1) is 22.9. The summed E-state index contributed by atoms with van der Waals surface area (Å²) in [6.07, 6.45) is 2.06. The summed E-state index contributed by atoms with van der Waals surface area (Å²) < 4.78 is 46.3. The summed E-state index contributed by atoms with van der Waals surface area (Å²) in [7, 11) is 0. The minimum atomic E-state index is -4.58. The Morgan fingerprint density at radius 1 is 0.970 bits per heavy atom. The highest BCUT2D eigenvalue weighted by Crippen LogP contribution is 2.37. The van der Waals surface area contributed by atoms with Crippen LogP contribution in [0.1, 0.15) is 56.1 Å². The number of rotatable bonds is 7. The van der Waals surface area contributed by atoms with Crippen LogP contribution in [0.2, 0.25) is 0 Å². The fourth-order valence-corrected chi connectivity index (χ4v) is 4.12. The second kappa shape index (κ2) is 10.1. The molecule has 0 unspecified atom stereocenters. The van der Waals surface area contributed by atoms with Crippen molar-refractivity contribution in [2.45, 2.75) is 51.1 Å². The SMILES string of the molecule is CCOc1ccc(Nc2ncc(C(F)(F)F)c(Nc3cccc(C4CCCCC4)c3)n2)cc1. The van der Waals surface area contributed by atoms with Crippen molar-refractivity contribution in [1.82, 2.24) is 9.97 Å². The van der Waals surface area contributed by atoms with E-state index in [1.807, 2.05) is 25.1 Å². The van der Waals surface area contributed by atoms with E-state index in [-0.39, 0.29) is 11.8 Å². The van der Waals surface area contributed by atoms with E-state index in [1.54, 1.807) is 30.3 Å². The molecular formula is C25H27F3N4O. The molecule has 0 spiro atoms. The molecule has 174 valence electrons. The first-order valence-corrected chi connectivity index (χ1v) is 11.2. The maximum Gasteiger partial charge on any atom is 0.421 e. The molecule has 3 aromatic rings. The molecule has 33 heavy (non-hydrogen) atoms. The topological polar surface area (TPSA) is 59.1 Å². The Morgan fingerprint density at radius 2 is 1.73 bits per heavy atom. The van der Waals surface area contributed by atoms with Crippen molar-refractivity contribution in [3.63, 3.8) is 0 Å².